The zero-order valence-electron chi connectivity index (χ0n) is 9.89. The number of hydrogen-bond acceptors (Lipinski definition) is 5. The lowest BCUT2D eigenvalue weighted by molar-refractivity contribution is 0.0602. The van der Waals surface area contributed by atoms with Crippen molar-refractivity contribution >= 4 is 27.3 Å². The number of rotatable bonds is 5. The molecule has 0 radical (unpaired) electrons. The third kappa shape index (κ3) is 3.27. The summed E-state index contributed by atoms with van der Waals surface area (Å²) in [4.78, 5) is 11.5. The van der Waals surface area contributed by atoms with Gasteiger partial charge in [-0.3, -0.25) is 0 Å². The maximum atomic E-state index is 12.0. The lowest BCUT2D eigenvalue weighted by Crippen LogP contribution is -2.32. The summed E-state index contributed by atoms with van der Waals surface area (Å²) in [6, 6.07) is 1.23. The van der Waals surface area contributed by atoms with Crippen LogP contribution in [-0.2, 0) is 14.8 Å². The van der Waals surface area contributed by atoms with Gasteiger partial charge in [0.05, 0.1) is 7.11 Å². The van der Waals surface area contributed by atoms with Gasteiger partial charge in [0, 0.05) is 6.04 Å². The molecular weight excluding hydrogens is 262 g/mol. The quantitative estimate of drug-likeness (QED) is 0.830. The molecule has 0 aliphatic rings. The van der Waals surface area contributed by atoms with Gasteiger partial charge in [-0.2, -0.15) is 0 Å². The maximum absolute atomic E-state index is 12.0. The third-order valence-electron chi connectivity index (χ3n) is 2.26. The molecule has 7 heteroatoms. The van der Waals surface area contributed by atoms with Crippen LogP contribution in [0.5, 0.6) is 0 Å². The lowest BCUT2D eigenvalue weighted by atomic mass is 10.3. The molecule has 0 aromatic carbocycles. The molecule has 1 N–H and O–H groups in total. The maximum Gasteiger partial charge on any atom is 0.349 e. The van der Waals surface area contributed by atoms with E-state index in [1.807, 2.05) is 6.92 Å². The third-order valence-corrected chi connectivity index (χ3v) is 4.91. The van der Waals surface area contributed by atoms with Crippen LogP contribution in [0, 0.1) is 0 Å². The van der Waals surface area contributed by atoms with Crippen LogP contribution in [0.3, 0.4) is 0 Å². The van der Waals surface area contributed by atoms with E-state index in [-0.39, 0.29) is 15.8 Å². The Labute approximate surface area is 105 Å². The summed E-state index contributed by atoms with van der Waals surface area (Å²) in [5.41, 5.74) is 0. The van der Waals surface area contributed by atoms with Crippen LogP contribution < -0.4 is 4.72 Å². The second-order valence-electron chi connectivity index (χ2n) is 3.54. The van der Waals surface area contributed by atoms with E-state index >= 15 is 0 Å². The first-order valence-corrected chi connectivity index (χ1v) is 7.46. The van der Waals surface area contributed by atoms with Crippen LogP contribution in [0.1, 0.15) is 29.9 Å². The molecule has 96 valence electrons. The molecule has 0 aliphatic heterocycles. The molecule has 1 aromatic heterocycles. The smallest absolute Gasteiger partial charge is 0.349 e. The fourth-order valence-electron chi connectivity index (χ4n) is 1.16. The second-order valence-corrected chi connectivity index (χ2v) is 6.13. The Morgan fingerprint density at radius 1 is 1.59 bits per heavy atom. The molecule has 0 spiro atoms. The molecule has 1 heterocycles. The number of nitrogens with one attached hydrogen (secondary N) is 1. The number of carbonyl (C=O) groups excluding carboxylic acids is 1. The standard InChI is InChI=1S/C10H15NO4S2/c1-4-7(2)11-17(13,14)8-5-6-16-9(8)10(12)15-3/h5-7,11H,4H2,1-3H3. The van der Waals surface area contributed by atoms with E-state index in [0.717, 1.165) is 11.3 Å². The minimum Gasteiger partial charge on any atom is -0.465 e. The summed E-state index contributed by atoms with van der Waals surface area (Å²) in [5.74, 6) is -0.635. The molecule has 1 aromatic rings. The summed E-state index contributed by atoms with van der Waals surface area (Å²) < 4.78 is 31.0. The van der Waals surface area contributed by atoms with Crippen LogP contribution in [0.25, 0.3) is 0 Å². The van der Waals surface area contributed by atoms with Crippen LogP contribution in [0.2, 0.25) is 0 Å². The van der Waals surface area contributed by atoms with Crippen molar-refractivity contribution in [2.45, 2.75) is 31.2 Å². The average molecular weight is 277 g/mol. The number of thiophene rings is 1. The number of esters is 1. The topological polar surface area (TPSA) is 72.5 Å². The highest BCUT2D eigenvalue weighted by atomic mass is 32.2. The molecule has 1 rings (SSSR count). The van der Waals surface area contributed by atoms with Crippen molar-refractivity contribution < 1.29 is 17.9 Å². The molecule has 17 heavy (non-hydrogen) atoms. The van der Waals surface area contributed by atoms with E-state index in [9.17, 15) is 13.2 Å². The minimum absolute atomic E-state index is 0.0188. The van der Waals surface area contributed by atoms with Crippen molar-refractivity contribution in [1.29, 1.82) is 0 Å². The van der Waals surface area contributed by atoms with E-state index in [4.69, 9.17) is 0 Å². The monoisotopic (exact) mass is 277 g/mol. The molecule has 0 bridgehead atoms. The summed E-state index contributed by atoms with van der Waals surface area (Å²) in [5, 5.41) is 1.55. The fraction of sp³-hybridized carbons (Fsp3) is 0.500. The van der Waals surface area contributed by atoms with Gasteiger partial charge in [0.25, 0.3) is 0 Å². The van der Waals surface area contributed by atoms with Crippen molar-refractivity contribution in [2.75, 3.05) is 7.11 Å². The Bertz CT molecular complexity index is 492. The van der Waals surface area contributed by atoms with Gasteiger partial charge in [-0.25, -0.2) is 17.9 Å². The molecule has 0 aliphatic carbocycles. The Morgan fingerprint density at radius 3 is 2.76 bits per heavy atom. The van der Waals surface area contributed by atoms with Gasteiger partial charge in [0.1, 0.15) is 9.77 Å². The van der Waals surface area contributed by atoms with E-state index in [0.29, 0.717) is 6.42 Å². The Hall–Kier alpha value is -0.920. The van der Waals surface area contributed by atoms with Crippen LogP contribution in [-0.4, -0.2) is 27.5 Å². The number of ether oxygens (including phenoxy) is 1. The molecule has 0 saturated heterocycles. The van der Waals surface area contributed by atoms with Gasteiger partial charge in [-0.15, -0.1) is 11.3 Å². The van der Waals surface area contributed by atoms with Crippen LogP contribution in [0.4, 0.5) is 0 Å². The highest BCUT2D eigenvalue weighted by molar-refractivity contribution is 7.89. The van der Waals surface area contributed by atoms with Gasteiger partial charge in [-0.1, -0.05) is 6.92 Å². The lowest BCUT2D eigenvalue weighted by Gasteiger charge is -2.11. The minimum atomic E-state index is -3.65. The van der Waals surface area contributed by atoms with Crippen molar-refractivity contribution in [3.8, 4) is 0 Å². The van der Waals surface area contributed by atoms with Gasteiger partial charge in [0.2, 0.25) is 10.0 Å². The summed E-state index contributed by atoms with van der Waals surface area (Å²) in [7, 11) is -2.43. The van der Waals surface area contributed by atoms with Crippen molar-refractivity contribution in [3.05, 3.63) is 16.3 Å². The second kappa shape index (κ2) is 5.61. The summed E-state index contributed by atoms with van der Waals surface area (Å²) >= 11 is 1.05. The SMILES string of the molecule is CCC(C)NS(=O)(=O)c1ccsc1C(=O)OC. The summed E-state index contributed by atoms with van der Waals surface area (Å²) in [6.07, 6.45) is 0.678. The van der Waals surface area contributed by atoms with Gasteiger partial charge >= 0.3 is 5.97 Å². The first kappa shape index (κ1) is 14.1. The van der Waals surface area contributed by atoms with E-state index in [1.165, 1.54) is 13.2 Å². The number of carbonyl (C=O) groups is 1. The van der Waals surface area contributed by atoms with Gasteiger partial charge in [-0.05, 0) is 24.8 Å². The Kier molecular flexibility index (Phi) is 4.67. The molecule has 1 atom stereocenters. The average Bonchev–Trinajstić information content (AvgIpc) is 2.76. The molecule has 0 fully saturated rings. The largest absolute Gasteiger partial charge is 0.465 e. The number of methoxy groups -OCH3 is 1. The molecular formula is C10H15NO4S2. The molecule has 0 saturated carbocycles. The zero-order valence-corrected chi connectivity index (χ0v) is 11.5. The van der Waals surface area contributed by atoms with Crippen molar-refractivity contribution in [1.82, 2.24) is 4.72 Å². The molecule has 0 amide bonds. The predicted octanol–water partition coefficient (Wildman–Crippen LogP) is 1.61. The fourth-order valence-corrected chi connectivity index (χ4v) is 3.82. The van der Waals surface area contributed by atoms with E-state index in [1.54, 1.807) is 12.3 Å². The van der Waals surface area contributed by atoms with E-state index in [2.05, 4.69) is 9.46 Å². The van der Waals surface area contributed by atoms with Gasteiger partial charge < -0.3 is 4.74 Å². The first-order valence-electron chi connectivity index (χ1n) is 5.10. The van der Waals surface area contributed by atoms with Crippen molar-refractivity contribution in [2.24, 2.45) is 0 Å². The normalized spacial score (nSPS) is 13.4. The van der Waals surface area contributed by atoms with Crippen LogP contribution >= 0.6 is 11.3 Å². The zero-order chi connectivity index (χ0) is 13.1. The Morgan fingerprint density at radius 2 is 2.24 bits per heavy atom. The Balaban J connectivity index is 3.08. The molecule has 1 unspecified atom stereocenters. The first-order chi connectivity index (χ1) is 7.92. The van der Waals surface area contributed by atoms with Crippen LogP contribution in [0.15, 0.2) is 16.3 Å². The van der Waals surface area contributed by atoms with E-state index < -0.39 is 16.0 Å². The van der Waals surface area contributed by atoms with Gasteiger partial charge in [0.15, 0.2) is 0 Å². The number of sulfonamides is 1. The highest BCUT2D eigenvalue weighted by Gasteiger charge is 2.25. The number of hydrogen-bond donors (Lipinski definition) is 1. The summed E-state index contributed by atoms with van der Waals surface area (Å²) in [6.45, 7) is 3.64. The molecule has 5 nitrogen and oxygen atoms in total. The van der Waals surface area contributed by atoms with Crippen molar-refractivity contribution in [3.63, 3.8) is 0 Å². The highest BCUT2D eigenvalue weighted by Crippen LogP contribution is 2.22. The predicted molar refractivity (Wildman–Crippen MR) is 65.7 cm³/mol.